The minimum atomic E-state index is -1.26. The molecule has 0 bridgehead atoms. The third-order valence-electron chi connectivity index (χ3n) is 4.67. The Labute approximate surface area is 149 Å². The summed E-state index contributed by atoms with van der Waals surface area (Å²) in [4.78, 5) is 38.8. The van der Waals surface area contributed by atoms with Crippen LogP contribution in [0, 0.1) is 0 Å². The Kier molecular flexibility index (Phi) is 3.77. The van der Waals surface area contributed by atoms with E-state index in [0.717, 1.165) is 15.8 Å². The fourth-order valence-electron chi connectivity index (χ4n) is 3.46. The van der Waals surface area contributed by atoms with Gasteiger partial charge in [0.25, 0.3) is 11.8 Å². The summed E-state index contributed by atoms with van der Waals surface area (Å²) >= 11 is 0. The number of carboxylic acids is 1. The largest absolute Gasteiger partial charge is 0.480 e. The first-order valence-electron chi connectivity index (χ1n) is 8.24. The summed E-state index contributed by atoms with van der Waals surface area (Å²) < 4.78 is 0. The number of rotatable bonds is 4. The van der Waals surface area contributed by atoms with Crippen molar-refractivity contribution in [1.29, 1.82) is 0 Å². The highest BCUT2D eigenvalue weighted by atomic mass is 16.4. The zero-order chi connectivity index (χ0) is 18.3. The first-order valence-corrected chi connectivity index (χ1v) is 8.24. The maximum absolute atomic E-state index is 13.0. The first-order chi connectivity index (χ1) is 12.6. The van der Waals surface area contributed by atoms with Gasteiger partial charge in [-0.2, -0.15) is 0 Å². The van der Waals surface area contributed by atoms with Crippen LogP contribution < -0.4 is 0 Å². The van der Waals surface area contributed by atoms with Crippen molar-refractivity contribution in [3.63, 3.8) is 0 Å². The zero-order valence-corrected chi connectivity index (χ0v) is 13.8. The topological polar surface area (TPSA) is 74.7 Å². The molecule has 0 saturated heterocycles. The van der Waals surface area contributed by atoms with Gasteiger partial charge in [-0.1, -0.05) is 54.6 Å². The Balaban J connectivity index is 1.82. The number of benzene rings is 3. The van der Waals surface area contributed by atoms with E-state index in [0.29, 0.717) is 16.5 Å². The van der Waals surface area contributed by atoms with Crippen LogP contribution in [-0.2, 0) is 11.2 Å². The highest BCUT2D eigenvalue weighted by Gasteiger charge is 2.40. The lowest BCUT2D eigenvalue weighted by atomic mass is 9.92. The minimum absolute atomic E-state index is 0.0613. The van der Waals surface area contributed by atoms with Gasteiger partial charge in [-0.15, -0.1) is 0 Å². The van der Waals surface area contributed by atoms with E-state index in [-0.39, 0.29) is 6.42 Å². The molecular formula is C21H15NO4. The molecule has 2 amide bonds. The van der Waals surface area contributed by atoms with Gasteiger partial charge in [-0.25, -0.2) is 4.79 Å². The van der Waals surface area contributed by atoms with E-state index in [4.69, 9.17) is 0 Å². The number of imide groups is 1. The molecule has 4 rings (SSSR count). The van der Waals surface area contributed by atoms with E-state index in [1.54, 1.807) is 48.5 Å². The SMILES string of the molecule is O=C(O)[C@H](Cc1ccccc1)N1C(=O)c2cccc3cccc(c23)C1=O. The van der Waals surface area contributed by atoms with E-state index < -0.39 is 23.8 Å². The summed E-state index contributed by atoms with van der Waals surface area (Å²) in [6, 6.07) is 18.1. The van der Waals surface area contributed by atoms with Crippen LogP contribution in [0.25, 0.3) is 10.8 Å². The summed E-state index contributed by atoms with van der Waals surface area (Å²) in [5.41, 5.74) is 1.46. The van der Waals surface area contributed by atoms with E-state index in [1.807, 2.05) is 18.2 Å². The van der Waals surface area contributed by atoms with Gasteiger partial charge in [0, 0.05) is 22.9 Å². The van der Waals surface area contributed by atoms with Crippen molar-refractivity contribution in [2.45, 2.75) is 12.5 Å². The van der Waals surface area contributed by atoms with Gasteiger partial charge < -0.3 is 5.11 Å². The van der Waals surface area contributed by atoms with Crippen LogP contribution in [0.5, 0.6) is 0 Å². The predicted octanol–water partition coefficient (Wildman–Crippen LogP) is 3.13. The molecule has 26 heavy (non-hydrogen) atoms. The van der Waals surface area contributed by atoms with E-state index in [2.05, 4.69) is 0 Å². The molecule has 0 unspecified atom stereocenters. The molecule has 1 heterocycles. The molecule has 5 heteroatoms. The number of hydrogen-bond donors (Lipinski definition) is 1. The van der Waals surface area contributed by atoms with Gasteiger partial charge >= 0.3 is 5.97 Å². The molecule has 0 radical (unpaired) electrons. The molecule has 0 spiro atoms. The smallest absolute Gasteiger partial charge is 0.327 e. The van der Waals surface area contributed by atoms with Crippen LogP contribution in [0.15, 0.2) is 66.7 Å². The number of hydrogen-bond acceptors (Lipinski definition) is 3. The molecule has 128 valence electrons. The average molecular weight is 345 g/mol. The lowest BCUT2D eigenvalue weighted by Crippen LogP contribution is -2.51. The summed E-state index contributed by atoms with van der Waals surface area (Å²) in [7, 11) is 0. The predicted molar refractivity (Wildman–Crippen MR) is 96.0 cm³/mol. The van der Waals surface area contributed by atoms with Crippen LogP contribution >= 0.6 is 0 Å². The Bertz CT molecular complexity index is 992. The van der Waals surface area contributed by atoms with Crippen LogP contribution in [-0.4, -0.2) is 33.8 Å². The monoisotopic (exact) mass is 345 g/mol. The van der Waals surface area contributed by atoms with Gasteiger partial charge in [-0.3, -0.25) is 14.5 Å². The Morgan fingerprint density at radius 1 is 0.846 bits per heavy atom. The van der Waals surface area contributed by atoms with Gasteiger partial charge in [0.2, 0.25) is 0 Å². The molecule has 3 aromatic rings. The van der Waals surface area contributed by atoms with Crippen molar-refractivity contribution < 1.29 is 19.5 Å². The number of carbonyl (C=O) groups excluding carboxylic acids is 2. The van der Waals surface area contributed by atoms with Crippen molar-refractivity contribution in [2.75, 3.05) is 0 Å². The third kappa shape index (κ3) is 2.45. The minimum Gasteiger partial charge on any atom is -0.480 e. The summed E-state index contributed by atoms with van der Waals surface area (Å²) in [5.74, 6) is -2.34. The molecule has 1 atom stereocenters. The lowest BCUT2D eigenvalue weighted by molar-refractivity contribution is -0.141. The summed E-state index contributed by atoms with van der Waals surface area (Å²) in [6.45, 7) is 0. The third-order valence-corrected chi connectivity index (χ3v) is 4.67. The van der Waals surface area contributed by atoms with E-state index in [9.17, 15) is 19.5 Å². The molecule has 0 fully saturated rings. The molecule has 5 nitrogen and oxygen atoms in total. The van der Waals surface area contributed by atoms with Crippen LogP contribution in [0.3, 0.4) is 0 Å². The van der Waals surface area contributed by atoms with Crippen molar-refractivity contribution in [1.82, 2.24) is 4.90 Å². The Morgan fingerprint density at radius 2 is 1.42 bits per heavy atom. The molecule has 1 aliphatic rings. The van der Waals surface area contributed by atoms with Gasteiger partial charge in [0.05, 0.1) is 0 Å². The molecular weight excluding hydrogens is 330 g/mol. The van der Waals surface area contributed by atoms with Gasteiger partial charge in [0.15, 0.2) is 0 Å². The second kappa shape index (κ2) is 6.11. The van der Waals surface area contributed by atoms with Crippen molar-refractivity contribution in [3.8, 4) is 0 Å². The molecule has 1 N–H and O–H groups in total. The summed E-state index contributed by atoms with van der Waals surface area (Å²) in [6.07, 6.45) is 0.0613. The fourth-order valence-corrected chi connectivity index (χ4v) is 3.46. The van der Waals surface area contributed by atoms with Crippen molar-refractivity contribution in [3.05, 3.63) is 83.4 Å². The summed E-state index contributed by atoms with van der Waals surface area (Å²) in [5, 5.41) is 11.1. The first kappa shape index (κ1) is 16.0. The normalized spacial score (nSPS) is 14.5. The Morgan fingerprint density at radius 3 is 1.96 bits per heavy atom. The molecule has 0 aliphatic carbocycles. The lowest BCUT2D eigenvalue weighted by Gasteiger charge is -2.31. The standard InChI is InChI=1S/C21H15NO4/c23-19-15-10-4-8-14-9-5-11-16(18(14)15)20(24)22(19)17(21(25)26)12-13-6-2-1-3-7-13/h1-11,17H,12H2,(H,25,26)/t17-/m0/s1. The molecule has 1 aliphatic heterocycles. The van der Waals surface area contributed by atoms with Crippen LogP contribution in [0.2, 0.25) is 0 Å². The molecule has 0 aromatic heterocycles. The number of aliphatic carboxylic acids is 1. The number of carboxylic acid groups (broad SMARTS) is 1. The highest BCUT2D eigenvalue weighted by molar-refractivity contribution is 6.26. The fraction of sp³-hybridized carbons (Fsp3) is 0.0952. The van der Waals surface area contributed by atoms with Gasteiger partial charge in [-0.05, 0) is 23.1 Å². The van der Waals surface area contributed by atoms with E-state index >= 15 is 0 Å². The zero-order valence-electron chi connectivity index (χ0n) is 13.8. The number of carbonyl (C=O) groups is 3. The maximum Gasteiger partial charge on any atom is 0.327 e. The second-order valence-electron chi connectivity index (χ2n) is 6.23. The maximum atomic E-state index is 13.0. The van der Waals surface area contributed by atoms with Crippen LogP contribution in [0.4, 0.5) is 0 Å². The van der Waals surface area contributed by atoms with Crippen LogP contribution in [0.1, 0.15) is 26.3 Å². The average Bonchev–Trinajstić information content (AvgIpc) is 2.66. The van der Waals surface area contributed by atoms with Gasteiger partial charge in [0.1, 0.15) is 6.04 Å². The van der Waals surface area contributed by atoms with Crippen molar-refractivity contribution in [2.24, 2.45) is 0 Å². The molecule has 0 saturated carbocycles. The quantitative estimate of drug-likeness (QED) is 0.737. The highest BCUT2D eigenvalue weighted by Crippen LogP contribution is 2.31. The number of nitrogens with zero attached hydrogens (tertiary/aromatic N) is 1. The number of amides is 2. The second-order valence-corrected chi connectivity index (χ2v) is 6.23. The van der Waals surface area contributed by atoms with E-state index in [1.165, 1.54) is 0 Å². The van der Waals surface area contributed by atoms with Crippen molar-refractivity contribution >= 4 is 28.6 Å². The molecule has 3 aromatic carbocycles. The Hall–Kier alpha value is -3.47.